The zero-order chi connectivity index (χ0) is 29.2. The Morgan fingerprint density at radius 2 is 1.41 bits per heavy atom. The molecule has 0 N–H and O–H groups in total. The standard InChI is InChI=1S/C22H21N4.C15H14N2.Ir/c1-3-11-17-15(7-1)9-5-13-19(17)21-23-25-22(26-24-21)20-14-6-10-16-8-2-4-12-18(16)20;1-12-8-9-14-15(10-12)17(11-16(14)2)13-6-4-3-5-7-13;/h5-6,9-10,13H,1-4,7-8,11-12H2;3-6,8-11H,1-2H3;/q-1;-2;+3. The molecule has 0 atom stereocenters. The van der Waals surface area contributed by atoms with Crippen molar-refractivity contribution < 1.29 is 20.1 Å². The van der Waals surface area contributed by atoms with Gasteiger partial charge in [-0.3, -0.25) is 0 Å². The van der Waals surface area contributed by atoms with Crippen LogP contribution in [0, 0.1) is 25.7 Å². The van der Waals surface area contributed by atoms with Crippen LogP contribution < -0.4 is 9.80 Å². The molecule has 5 aromatic rings. The van der Waals surface area contributed by atoms with Gasteiger partial charge in [0.25, 0.3) is 0 Å². The molecule has 6 nitrogen and oxygen atoms in total. The fourth-order valence-electron chi connectivity index (χ4n) is 6.49. The summed E-state index contributed by atoms with van der Waals surface area (Å²) in [5, 5.41) is 17.7. The molecule has 1 aromatic heterocycles. The van der Waals surface area contributed by atoms with E-state index in [0.717, 1.165) is 42.5 Å². The molecule has 1 aliphatic heterocycles. The summed E-state index contributed by atoms with van der Waals surface area (Å²) >= 11 is 0. The van der Waals surface area contributed by atoms with Crippen molar-refractivity contribution in [2.45, 2.75) is 58.3 Å². The summed E-state index contributed by atoms with van der Waals surface area (Å²) in [6.07, 6.45) is 9.41. The summed E-state index contributed by atoms with van der Waals surface area (Å²) < 4.78 is 0. The molecule has 3 aliphatic rings. The zero-order valence-corrected chi connectivity index (χ0v) is 27.6. The SMILES string of the molecule is Cc1ccc2c(c1)N(c1[c-]cccc1)[CH-]N2C.[Ir+3].[c-]1ccc2c(c1-c1nnc(-c3cccc4c3CCCC4)nn1)CCCC2. The van der Waals surface area contributed by atoms with Crippen LogP contribution in [-0.4, -0.2) is 27.4 Å². The van der Waals surface area contributed by atoms with Crippen molar-refractivity contribution in [3.63, 3.8) is 0 Å². The van der Waals surface area contributed by atoms with Crippen LogP contribution in [-0.2, 0) is 45.8 Å². The summed E-state index contributed by atoms with van der Waals surface area (Å²) in [6.45, 7) is 4.21. The van der Waals surface area contributed by atoms with Gasteiger partial charge < -0.3 is 9.80 Å². The largest absolute Gasteiger partial charge is 3.00 e. The summed E-state index contributed by atoms with van der Waals surface area (Å²) in [5.74, 6) is 1.23. The molecule has 222 valence electrons. The number of aryl methyl sites for hydroxylation is 3. The third kappa shape index (κ3) is 6.04. The fraction of sp³-hybridized carbons (Fsp3) is 0.270. The van der Waals surface area contributed by atoms with E-state index in [9.17, 15) is 0 Å². The number of nitrogens with zero attached hydrogens (tertiary/aromatic N) is 6. The Hall–Kier alpha value is -3.93. The normalized spacial score (nSPS) is 14.9. The number of para-hydroxylation sites is 1. The molecule has 0 spiro atoms. The maximum Gasteiger partial charge on any atom is 3.00 e. The number of hydrogen-bond donors (Lipinski definition) is 0. The van der Waals surface area contributed by atoms with Gasteiger partial charge in [-0.2, -0.15) is 47.2 Å². The van der Waals surface area contributed by atoms with Gasteiger partial charge in [0.2, 0.25) is 5.82 Å². The molecule has 8 rings (SSSR count). The number of hydrogen-bond acceptors (Lipinski definition) is 6. The Morgan fingerprint density at radius 3 is 2.18 bits per heavy atom. The van der Waals surface area contributed by atoms with E-state index in [2.05, 4.69) is 111 Å². The summed E-state index contributed by atoms with van der Waals surface area (Å²) in [5.41, 5.74) is 12.4. The van der Waals surface area contributed by atoms with Crippen molar-refractivity contribution >= 4 is 17.1 Å². The third-order valence-corrected chi connectivity index (χ3v) is 8.68. The average Bonchev–Trinajstić information content (AvgIpc) is 3.40. The van der Waals surface area contributed by atoms with Crippen LogP contribution in [0.15, 0.2) is 72.8 Å². The minimum absolute atomic E-state index is 0. The first-order valence-corrected chi connectivity index (χ1v) is 15.3. The molecule has 0 radical (unpaired) electrons. The van der Waals surface area contributed by atoms with E-state index in [-0.39, 0.29) is 20.1 Å². The van der Waals surface area contributed by atoms with Gasteiger partial charge in [-0.1, -0.05) is 49.1 Å². The molecule has 0 bridgehead atoms. The van der Waals surface area contributed by atoms with Gasteiger partial charge in [-0.15, -0.1) is 45.2 Å². The Kier molecular flexibility index (Phi) is 9.15. The van der Waals surface area contributed by atoms with Gasteiger partial charge in [0.1, 0.15) is 5.82 Å². The summed E-state index contributed by atoms with van der Waals surface area (Å²) in [6, 6.07) is 31.7. The first-order valence-electron chi connectivity index (χ1n) is 15.3. The Balaban J connectivity index is 0.000000166. The molecule has 0 saturated heterocycles. The van der Waals surface area contributed by atoms with E-state index in [1.165, 1.54) is 64.9 Å². The molecule has 0 amide bonds. The molecule has 0 fully saturated rings. The summed E-state index contributed by atoms with van der Waals surface area (Å²) in [4.78, 5) is 4.30. The van der Waals surface area contributed by atoms with Crippen LogP contribution in [0.25, 0.3) is 22.8 Å². The second-order valence-corrected chi connectivity index (χ2v) is 11.6. The van der Waals surface area contributed by atoms with Gasteiger partial charge in [-0.05, 0) is 74.9 Å². The minimum atomic E-state index is 0. The summed E-state index contributed by atoms with van der Waals surface area (Å²) in [7, 11) is 2.07. The molecule has 2 heterocycles. The monoisotopic (exact) mass is 756 g/mol. The first kappa shape index (κ1) is 30.1. The van der Waals surface area contributed by atoms with Crippen molar-refractivity contribution in [3.05, 3.63) is 119 Å². The topological polar surface area (TPSA) is 58.0 Å². The maximum atomic E-state index is 4.44. The average molecular weight is 756 g/mol. The van der Waals surface area contributed by atoms with Crippen molar-refractivity contribution in [1.29, 1.82) is 0 Å². The van der Waals surface area contributed by atoms with Crippen molar-refractivity contribution in [2.75, 3.05) is 16.8 Å². The Labute approximate surface area is 273 Å². The molecule has 44 heavy (non-hydrogen) atoms. The fourth-order valence-corrected chi connectivity index (χ4v) is 6.49. The predicted molar refractivity (Wildman–Crippen MR) is 172 cm³/mol. The van der Waals surface area contributed by atoms with Crippen LogP contribution in [0.1, 0.15) is 53.5 Å². The van der Waals surface area contributed by atoms with Gasteiger partial charge in [0, 0.05) is 16.9 Å². The van der Waals surface area contributed by atoms with E-state index >= 15 is 0 Å². The molecule has 4 aromatic carbocycles. The number of anilines is 3. The van der Waals surface area contributed by atoms with Crippen molar-refractivity contribution in [3.8, 4) is 22.8 Å². The molecule has 0 unspecified atom stereocenters. The molecular weight excluding hydrogens is 721 g/mol. The molecular formula is C37H35IrN6. The smallest absolute Gasteiger partial charge is 0.504 e. The van der Waals surface area contributed by atoms with Gasteiger partial charge in [-0.25, -0.2) is 0 Å². The molecule has 0 saturated carbocycles. The molecule has 7 heteroatoms. The minimum Gasteiger partial charge on any atom is -0.504 e. The van der Waals surface area contributed by atoms with Crippen molar-refractivity contribution in [2.24, 2.45) is 0 Å². The van der Waals surface area contributed by atoms with Gasteiger partial charge in [0.05, 0.1) is 0 Å². The number of benzene rings is 4. The van der Waals surface area contributed by atoms with Crippen LogP contribution in [0.2, 0.25) is 0 Å². The van der Waals surface area contributed by atoms with Crippen LogP contribution >= 0.6 is 0 Å². The van der Waals surface area contributed by atoms with Gasteiger partial charge >= 0.3 is 20.1 Å². The second kappa shape index (κ2) is 13.4. The van der Waals surface area contributed by atoms with E-state index in [4.69, 9.17) is 0 Å². The van der Waals surface area contributed by atoms with Crippen molar-refractivity contribution in [1.82, 2.24) is 20.4 Å². The van der Waals surface area contributed by atoms with E-state index in [0.29, 0.717) is 11.6 Å². The van der Waals surface area contributed by atoms with E-state index < -0.39 is 0 Å². The van der Waals surface area contributed by atoms with Crippen LogP contribution in [0.5, 0.6) is 0 Å². The Morgan fingerprint density at radius 1 is 0.682 bits per heavy atom. The van der Waals surface area contributed by atoms with Gasteiger partial charge in [0.15, 0.2) is 0 Å². The molecule has 2 aliphatic carbocycles. The zero-order valence-electron chi connectivity index (χ0n) is 25.2. The quantitative estimate of drug-likeness (QED) is 0.177. The van der Waals surface area contributed by atoms with E-state index in [1.807, 2.05) is 24.3 Å². The van der Waals surface area contributed by atoms with Crippen LogP contribution in [0.4, 0.5) is 17.1 Å². The predicted octanol–water partition coefficient (Wildman–Crippen LogP) is 7.66. The third-order valence-electron chi connectivity index (χ3n) is 8.68. The van der Waals surface area contributed by atoms with E-state index in [1.54, 1.807) is 0 Å². The second-order valence-electron chi connectivity index (χ2n) is 11.6. The first-order chi connectivity index (χ1) is 21.2. The Bertz CT molecular complexity index is 1660. The number of aromatic nitrogens is 4. The number of rotatable bonds is 3. The maximum absolute atomic E-state index is 4.44. The van der Waals surface area contributed by atoms with Crippen LogP contribution in [0.3, 0.4) is 0 Å². The number of fused-ring (bicyclic) bond motifs is 3.